The van der Waals surface area contributed by atoms with Crippen LogP contribution in [-0.4, -0.2) is 36.3 Å². The molecule has 0 radical (unpaired) electrons. The number of hydrogen-bond donors (Lipinski definition) is 2. The lowest BCUT2D eigenvalue weighted by Crippen LogP contribution is -2.19. The van der Waals surface area contributed by atoms with E-state index in [0.29, 0.717) is 16.7 Å². The van der Waals surface area contributed by atoms with Gasteiger partial charge in [0.25, 0.3) is 0 Å². The third-order valence-corrected chi connectivity index (χ3v) is 4.32. The molecule has 24 heavy (non-hydrogen) atoms. The number of aromatic nitrogens is 2. The van der Waals surface area contributed by atoms with Crippen LogP contribution in [0.4, 0.5) is 17.5 Å². The summed E-state index contributed by atoms with van der Waals surface area (Å²) in [5.41, 5.74) is 1.73. The van der Waals surface area contributed by atoms with Crippen LogP contribution in [0.1, 0.15) is 18.4 Å². The zero-order valence-corrected chi connectivity index (χ0v) is 14.6. The lowest BCUT2D eigenvalue weighted by molar-refractivity contribution is 0.120. The topological polar surface area (TPSA) is 68.3 Å². The summed E-state index contributed by atoms with van der Waals surface area (Å²) in [6.45, 7) is 3.53. The molecule has 128 valence electrons. The molecule has 1 aliphatic rings. The predicted molar refractivity (Wildman–Crippen MR) is 95.5 cm³/mol. The maximum Gasteiger partial charge on any atom is 0.229 e. The van der Waals surface area contributed by atoms with Crippen molar-refractivity contribution in [2.24, 2.45) is 0 Å². The van der Waals surface area contributed by atoms with Gasteiger partial charge in [0, 0.05) is 30.4 Å². The number of nitrogens with one attached hydrogen (secondary N) is 2. The summed E-state index contributed by atoms with van der Waals surface area (Å²) in [6.07, 6.45) is 4.18. The fourth-order valence-electron chi connectivity index (χ4n) is 2.59. The maximum absolute atomic E-state index is 6.14. The molecule has 7 heteroatoms. The van der Waals surface area contributed by atoms with Crippen molar-refractivity contribution >= 4 is 29.1 Å². The minimum Gasteiger partial charge on any atom is -0.495 e. The van der Waals surface area contributed by atoms with Crippen molar-refractivity contribution in [2.75, 3.05) is 30.9 Å². The molecule has 2 N–H and O–H groups in total. The summed E-state index contributed by atoms with van der Waals surface area (Å²) in [7, 11) is 1.60. The second-order valence-electron chi connectivity index (χ2n) is 5.71. The number of halogens is 1. The van der Waals surface area contributed by atoms with Crippen molar-refractivity contribution in [3.63, 3.8) is 0 Å². The van der Waals surface area contributed by atoms with Crippen molar-refractivity contribution in [1.82, 2.24) is 9.97 Å². The van der Waals surface area contributed by atoms with Gasteiger partial charge >= 0.3 is 0 Å². The molecular formula is C17H21ClN4O2. The number of aryl methyl sites for hydroxylation is 1. The molecule has 0 bridgehead atoms. The first-order chi connectivity index (χ1) is 11.7. The molecule has 0 aliphatic carbocycles. The maximum atomic E-state index is 6.14. The van der Waals surface area contributed by atoms with Crippen molar-refractivity contribution < 1.29 is 9.47 Å². The van der Waals surface area contributed by atoms with Crippen LogP contribution in [-0.2, 0) is 4.74 Å². The van der Waals surface area contributed by atoms with E-state index in [0.717, 1.165) is 43.1 Å². The molecule has 3 rings (SSSR count). The predicted octanol–water partition coefficient (Wildman–Crippen LogP) is 3.78. The zero-order chi connectivity index (χ0) is 16.9. The van der Waals surface area contributed by atoms with Gasteiger partial charge in [-0.1, -0.05) is 11.6 Å². The van der Waals surface area contributed by atoms with Crippen LogP contribution in [0, 0.1) is 6.92 Å². The highest BCUT2D eigenvalue weighted by Crippen LogP contribution is 2.32. The van der Waals surface area contributed by atoms with E-state index in [1.165, 1.54) is 0 Å². The Labute approximate surface area is 146 Å². The van der Waals surface area contributed by atoms with Gasteiger partial charge in [0.05, 0.1) is 18.9 Å². The third kappa shape index (κ3) is 4.07. The van der Waals surface area contributed by atoms with Gasteiger partial charge in [-0.25, -0.2) is 4.98 Å². The minimum absolute atomic E-state index is 0.260. The van der Waals surface area contributed by atoms with Gasteiger partial charge in [-0.15, -0.1) is 0 Å². The summed E-state index contributed by atoms with van der Waals surface area (Å²) in [6, 6.07) is 5.53. The van der Waals surface area contributed by atoms with Gasteiger partial charge in [-0.05, 0) is 37.5 Å². The number of hydrogen-bond acceptors (Lipinski definition) is 6. The number of ether oxygens (including phenoxy) is 2. The van der Waals surface area contributed by atoms with Crippen LogP contribution in [0.15, 0.2) is 24.4 Å². The molecule has 1 aromatic carbocycles. The highest BCUT2D eigenvalue weighted by molar-refractivity contribution is 6.31. The van der Waals surface area contributed by atoms with Crippen LogP contribution >= 0.6 is 11.6 Å². The fourth-order valence-corrected chi connectivity index (χ4v) is 2.75. The summed E-state index contributed by atoms with van der Waals surface area (Å²) in [4.78, 5) is 8.74. The van der Waals surface area contributed by atoms with E-state index in [1.54, 1.807) is 19.4 Å². The average molecular weight is 349 g/mol. The molecule has 1 unspecified atom stereocenters. The van der Waals surface area contributed by atoms with Gasteiger partial charge in [-0.2, -0.15) is 4.98 Å². The lowest BCUT2D eigenvalue weighted by Gasteiger charge is -2.14. The van der Waals surface area contributed by atoms with Crippen LogP contribution in [0.5, 0.6) is 5.75 Å². The van der Waals surface area contributed by atoms with E-state index in [9.17, 15) is 0 Å². The Hall–Kier alpha value is -2.05. The van der Waals surface area contributed by atoms with Crippen LogP contribution in [0.2, 0.25) is 5.02 Å². The molecule has 1 fully saturated rings. The highest BCUT2D eigenvalue weighted by Gasteiger charge is 2.15. The third-order valence-electron chi connectivity index (χ3n) is 3.92. The van der Waals surface area contributed by atoms with E-state index in [2.05, 4.69) is 20.6 Å². The molecule has 0 spiro atoms. The largest absolute Gasteiger partial charge is 0.495 e. The molecule has 0 saturated carbocycles. The number of anilines is 3. The molecule has 0 amide bonds. The molecule has 1 aromatic heterocycles. The molecule has 1 aliphatic heterocycles. The molecule has 1 atom stereocenters. The first kappa shape index (κ1) is 16.8. The normalized spacial score (nSPS) is 16.9. The summed E-state index contributed by atoms with van der Waals surface area (Å²) in [5, 5.41) is 7.13. The van der Waals surface area contributed by atoms with Crippen LogP contribution < -0.4 is 15.4 Å². The molecule has 6 nitrogen and oxygen atoms in total. The van der Waals surface area contributed by atoms with Gasteiger partial charge in [0.2, 0.25) is 5.95 Å². The number of nitrogens with zero attached hydrogens (tertiary/aromatic N) is 2. The first-order valence-electron chi connectivity index (χ1n) is 7.95. The Morgan fingerprint density at radius 3 is 3.04 bits per heavy atom. The first-order valence-corrected chi connectivity index (χ1v) is 8.33. The Kier molecular flexibility index (Phi) is 5.37. The summed E-state index contributed by atoms with van der Waals surface area (Å²) in [5.74, 6) is 1.90. The Morgan fingerprint density at radius 2 is 2.29 bits per heavy atom. The molecular weight excluding hydrogens is 328 g/mol. The number of benzene rings is 1. The molecule has 1 saturated heterocycles. The number of rotatable bonds is 6. The smallest absolute Gasteiger partial charge is 0.229 e. The number of methoxy groups -OCH3 is 1. The van der Waals surface area contributed by atoms with Crippen molar-refractivity contribution in [1.29, 1.82) is 0 Å². The molecule has 2 aromatic rings. The quantitative estimate of drug-likeness (QED) is 0.828. The molecule has 2 heterocycles. The van der Waals surface area contributed by atoms with Gasteiger partial charge in [0.15, 0.2) is 0 Å². The standard InChI is InChI=1S/C17H21ClN4O2/c1-11-8-14(15(23-2)9-13(11)18)21-17-19-6-5-16(22-17)20-10-12-4-3-7-24-12/h5-6,8-9,12H,3-4,7,10H2,1-2H3,(H2,19,20,21,22). The van der Waals surface area contributed by atoms with E-state index in [4.69, 9.17) is 21.1 Å². The monoisotopic (exact) mass is 348 g/mol. The highest BCUT2D eigenvalue weighted by atomic mass is 35.5. The SMILES string of the molecule is COc1cc(Cl)c(C)cc1Nc1nccc(NCC2CCCO2)n1. The lowest BCUT2D eigenvalue weighted by atomic mass is 10.2. The Bertz CT molecular complexity index is 705. The van der Waals surface area contributed by atoms with Crippen molar-refractivity contribution in [3.8, 4) is 5.75 Å². The summed E-state index contributed by atoms with van der Waals surface area (Å²) >= 11 is 6.14. The Balaban J connectivity index is 1.71. The van der Waals surface area contributed by atoms with Gasteiger partial charge < -0.3 is 20.1 Å². The van der Waals surface area contributed by atoms with Gasteiger partial charge in [0.1, 0.15) is 11.6 Å². The van der Waals surface area contributed by atoms with E-state index in [-0.39, 0.29) is 6.10 Å². The minimum atomic E-state index is 0.260. The van der Waals surface area contributed by atoms with Gasteiger partial charge in [-0.3, -0.25) is 0 Å². The van der Waals surface area contributed by atoms with Crippen molar-refractivity contribution in [3.05, 3.63) is 35.0 Å². The zero-order valence-electron chi connectivity index (χ0n) is 13.8. The fraction of sp³-hybridized carbons (Fsp3) is 0.412. The van der Waals surface area contributed by atoms with E-state index >= 15 is 0 Å². The van der Waals surface area contributed by atoms with E-state index < -0.39 is 0 Å². The summed E-state index contributed by atoms with van der Waals surface area (Å²) < 4.78 is 11.0. The Morgan fingerprint density at radius 1 is 1.42 bits per heavy atom. The van der Waals surface area contributed by atoms with Crippen molar-refractivity contribution in [2.45, 2.75) is 25.9 Å². The van der Waals surface area contributed by atoms with Crippen LogP contribution in [0.3, 0.4) is 0 Å². The van der Waals surface area contributed by atoms with E-state index in [1.807, 2.05) is 19.1 Å². The average Bonchev–Trinajstić information content (AvgIpc) is 3.10. The van der Waals surface area contributed by atoms with Crippen LogP contribution in [0.25, 0.3) is 0 Å². The second-order valence-corrected chi connectivity index (χ2v) is 6.12. The second kappa shape index (κ2) is 7.68.